The molecule has 0 bridgehead atoms. The van der Waals surface area contributed by atoms with E-state index in [2.05, 4.69) is 22.5 Å². The van der Waals surface area contributed by atoms with Crippen LogP contribution in [-0.2, 0) is 32.0 Å². The molecule has 1 atom stereocenters. The molecule has 0 saturated heterocycles. The van der Waals surface area contributed by atoms with Crippen molar-refractivity contribution in [2.45, 2.75) is 58.2 Å². The Hall–Kier alpha value is -2.67. The summed E-state index contributed by atoms with van der Waals surface area (Å²) in [6.07, 6.45) is 4.65. The second-order valence-corrected chi connectivity index (χ2v) is 8.28. The summed E-state index contributed by atoms with van der Waals surface area (Å²) in [6.45, 7) is 5.66. The Balaban J connectivity index is 1.53. The van der Waals surface area contributed by atoms with Crippen molar-refractivity contribution >= 4 is 11.9 Å². The summed E-state index contributed by atoms with van der Waals surface area (Å²) >= 11 is 0. The smallest absolute Gasteiger partial charge is 0.332 e. The number of rotatable bonds is 7. The van der Waals surface area contributed by atoms with Gasteiger partial charge in [-0.25, -0.2) is 4.79 Å². The van der Waals surface area contributed by atoms with Crippen LogP contribution < -0.4 is 5.32 Å². The number of esters is 1. The molecule has 1 amide bonds. The first-order chi connectivity index (χ1) is 13.8. The quantitative estimate of drug-likeness (QED) is 0.724. The number of aromatic nitrogens is 2. The third kappa shape index (κ3) is 6.15. The minimum absolute atomic E-state index is 0.0825. The second-order valence-electron chi connectivity index (χ2n) is 8.28. The second kappa shape index (κ2) is 9.22. The molecule has 0 fully saturated rings. The number of hydrogen-bond donors (Lipinski definition) is 1. The summed E-state index contributed by atoms with van der Waals surface area (Å²) in [5, 5.41) is 7.55. The Labute approximate surface area is 171 Å². The van der Waals surface area contributed by atoms with E-state index in [1.54, 1.807) is 20.8 Å². The van der Waals surface area contributed by atoms with Gasteiger partial charge in [-0.2, -0.15) is 5.10 Å². The van der Waals surface area contributed by atoms with Crippen LogP contribution in [0.4, 0.5) is 0 Å². The lowest BCUT2D eigenvalue weighted by Gasteiger charge is -2.24. The summed E-state index contributed by atoms with van der Waals surface area (Å²) in [5.41, 5.74) is 2.86. The van der Waals surface area contributed by atoms with Gasteiger partial charge < -0.3 is 14.8 Å². The number of ether oxygens (including phenoxy) is 2. The van der Waals surface area contributed by atoms with Gasteiger partial charge in [0.1, 0.15) is 18.8 Å². The van der Waals surface area contributed by atoms with Crippen LogP contribution in [0.5, 0.6) is 0 Å². The van der Waals surface area contributed by atoms with Crippen LogP contribution in [0.1, 0.15) is 56.5 Å². The molecule has 0 saturated carbocycles. The van der Waals surface area contributed by atoms with E-state index in [0.717, 1.165) is 31.4 Å². The lowest BCUT2D eigenvalue weighted by atomic mass is 9.93. The Morgan fingerprint density at radius 2 is 1.97 bits per heavy atom. The van der Waals surface area contributed by atoms with Crippen LogP contribution >= 0.6 is 0 Å². The monoisotopic (exact) mass is 399 g/mol. The molecule has 1 heterocycles. The third-order valence-corrected chi connectivity index (χ3v) is 4.65. The topological polar surface area (TPSA) is 82.4 Å². The molecule has 156 valence electrons. The van der Waals surface area contributed by atoms with Crippen molar-refractivity contribution in [3.8, 4) is 0 Å². The van der Waals surface area contributed by atoms with Gasteiger partial charge in [0, 0.05) is 11.3 Å². The zero-order chi connectivity index (χ0) is 20.9. The van der Waals surface area contributed by atoms with E-state index in [9.17, 15) is 9.59 Å². The lowest BCUT2D eigenvalue weighted by molar-refractivity contribution is -0.160. The van der Waals surface area contributed by atoms with E-state index in [1.165, 1.54) is 11.3 Å². The van der Waals surface area contributed by atoms with Crippen LogP contribution in [0, 0.1) is 0 Å². The summed E-state index contributed by atoms with van der Waals surface area (Å²) in [6, 6.07) is 10.1. The highest BCUT2D eigenvalue weighted by Gasteiger charge is 2.26. The summed E-state index contributed by atoms with van der Waals surface area (Å²) in [5.74, 6) is -0.727. The number of fused-ring (bicyclic) bond motifs is 1. The zero-order valence-corrected chi connectivity index (χ0v) is 17.3. The maximum absolute atomic E-state index is 12.3. The molecule has 1 aromatic heterocycles. The van der Waals surface area contributed by atoms with Crippen LogP contribution in [0.25, 0.3) is 0 Å². The first kappa shape index (κ1) is 21.0. The molecule has 29 heavy (non-hydrogen) atoms. The molecule has 1 aliphatic rings. The Morgan fingerprint density at radius 3 is 2.69 bits per heavy atom. The zero-order valence-electron chi connectivity index (χ0n) is 17.3. The lowest BCUT2D eigenvalue weighted by Crippen LogP contribution is -2.34. The van der Waals surface area contributed by atoms with Crippen LogP contribution in [0.15, 0.2) is 36.5 Å². The number of hydrogen-bond acceptors (Lipinski definition) is 5. The normalized spacial score (nSPS) is 16.2. The van der Waals surface area contributed by atoms with E-state index in [0.29, 0.717) is 0 Å². The van der Waals surface area contributed by atoms with Gasteiger partial charge in [0.15, 0.2) is 0 Å². The average molecular weight is 399 g/mol. The molecule has 3 rings (SSSR count). The van der Waals surface area contributed by atoms with Gasteiger partial charge in [-0.05, 0) is 45.6 Å². The summed E-state index contributed by atoms with van der Waals surface area (Å²) in [7, 11) is 0. The van der Waals surface area contributed by atoms with E-state index in [1.807, 2.05) is 29.1 Å². The molecule has 1 N–H and O–H groups in total. The number of nitrogens with zero attached hydrogens (tertiary/aromatic N) is 2. The molecule has 7 nitrogen and oxygen atoms in total. The minimum Gasteiger partial charge on any atom is -0.458 e. The fraction of sp³-hybridized carbons (Fsp3) is 0.500. The summed E-state index contributed by atoms with van der Waals surface area (Å²) in [4.78, 5) is 23.9. The van der Waals surface area contributed by atoms with E-state index in [-0.39, 0.29) is 25.2 Å². The highest BCUT2D eigenvalue weighted by molar-refractivity contribution is 5.78. The predicted octanol–water partition coefficient (Wildman–Crippen LogP) is 2.78. The molecular formula is C22H29N3O4. The number of nitrogens with one attached hydrogen (secondary N) is 1. The first-order valence-electron chi connectivity index (χ1n) is 9.99. The van der Waals surface area contributed by atoms with Crippen LogP contribution in [0.3, 0.4) is 0 Å². The molecule has 0 aliphatic heterocycles. The molecule has 2 aromatic rings. The predicted molar refractivity (Wildman–Crippen MR) is 108 cm³/mol. The van der Waals surface area contributed by atoms with Gasteiger partial charge in [-0.1, -0.05) is 30.3 Å². The van der Waals surface area contributed by atoms with Crippen molar-refractivity contribution in [1.82, 2.24) is 15.1 Å². The highest BCUT2D eigenvalue weighted by atomic mass is 16.6. The van der Waals surface area contributed by atoms with Gasteiger partial charge in [0.05, 0.1) is 18.8 Å². The standard InChI is InChI=1S/C22H29N3O4/c1-22(2,3)29-21(27)15-28-14-20(26)24-18-10-7-11-19-17(18)12-23-25(19)13-16-8-5-4-6-9-16/h4-6,8-9,12,18H,7,10-11,13-15H2,1-3H3,(H,24,26). The van der Waals surface area contributed by atoms with E-state index >= 15 is 0 Å². The van der Waals surface area contributed by atoms with Gasteiger partial charge in [-0.15, -0.1) is 0 Å². The average Bonchev–Trinajstić information content (AvgIpc) is 3.05. The maximum atomic E-state index is 12.3. The Bertz CT molecular complexity index is 839. The van der Waals surface area contributed by atoms with Crippen molar-refractivity contribution in [3.05, 3.63) is 53.3 Å². The Morgan fingerprint density at radius 1 is 1.21 bits per heavy atom. The van der Waals surface area contributed by atoms with Gasteiger partial charge in [0.2, 0.25) is 5.91 Å². The maximum Gasteiger partial charge on any atom is 0.332 e. The summed E-state index contributed by atoms with van der Waals surface area (Å²) < 4.78 is 12.4. The molecule has 1 aromatic carbocycles. The third-order valence-electron chi connectivity index (χ3n) is 4.65. The number of amides is 1. The number of carbonyl (C=O) groups is 2. The SMILES string of the molecule is CC(C)(C)OC(=O)COCC(=O)NC1CCCc2c1cnn2Cc1ccccc1. The van der Waals surface area contributed by atoms with E-state index in [4.69, 9.17) is 9.47 Å². The van der Waals surface area contributed by atoms with Crippen LogP contribution in [0.2, 0.25) is 0 Å². The molecule has 0 spiro atoms. The molecule has 7 heteroatoms. The fourth-order valence-electron chi connectivity index (χ4n) is 3.50. The van der Waals surface area contributed by atoms with Gasteiger partial charge in [0.25, 0.3) is 0 Å². The van der Waals surface area contributed by atoms with Gasteiger partial charge in [-0.3, -0.25) is 9.48 Å². The number of benzene rings is 1. The minimum atomic E-state index is -0.568. The molecular weight excluding hydrogens is 370 g/mol. The van der Waals surface area contributed by atoms with Crippen molar-refractivity contribution in [2.24, 2.45) is 0 Å². The fourth-order valence-corrected chi connectivity index (χ4v) is 3.50. The largest absolute Gasteiger partial charge is 0.458 e. The molecule has 0 radical (unpaired) electrons. The van der Waals surface area contributed by atoms with Gasteiger partial charge >= 0.3 is 5.97 Å². The van der Waals surface area contributed by atoms with Crippen molar-refractivity contribution in [3.63, 3.8) is 0 Å². The van der Waals surface area contributed by atoms with E-state index < -0.39 is 11.6 Å². The highest BCUT2D eigenvalue weighted by Crippen LogP contribution is 2.29. The first-order valence-corrected chi connectivity index (χ1v) is 9.99. The van der Waals surface area contributed by atoms with Crippen molar-refractivity contribution in [2.75, 3.05) is 13.2 Å². The van der Waals surface area contributed by atoms with Crippen LogP contribution in [-0.4, -0.2) is 40.5 Å². The molecule has 1 aliphatic carbocycles. The Kier molecular flexibility index (Phi) is 6.69. The number of carbonyl (C=O) groups excluding carboxylic acids is 2. The van der Waals surface area contributed by atoms with Crippen molar-refractivity contribution < 1.29 is 19.1 Å². The van der Waals surface area contributed by atoms with Crippen molar-refractivity contribution in [1.29, 1.82) is 0 Å². The molecule has 1 unspecified atom stereocenters.